The minimum atomic E-state index is -0.0968. The molecule has 154 valence electrons. The van der Waals surface area contributed by atoms with Crippen molar-refractivity contribution in [3.8, 4) is 0 Å². The summed E-state index contributed by atoms with van der Waals surface area (Å²) in [5.74, 6) is 1.04. The Labute approximate surface area is 171 Å². The van der Waals surface area contributed by atoms with Gasteiger partial charge in [0, 0.05) is 62.8 Å². The number of nitrogens with two attached hydrogens (primary N) is 1. The molecular formula is C21H29N7O. The van der Waals surface area contributed by atoms with Gasteiger partial charge in [-0.15, -0.1) is 0 Å². The molecule has 4 rings (SSSR count). The van der Waals surface area contributed by atoms with Crippen LogP contribution in [-0.2, 0) is 0 Å². The highest BCUT2D eigenvalue weighted by molar-refractivity contribution is 5.91. The molecular weight excluding hydrogens is 366 g/mol. The topological polar surface area (TPSA) is 91.5 Å². The zero-order valence-electron chi connectivity index (χ0n) is 17.4. The summed E-state index contributed by atoms with van der Waals surface area (Å²) in [5, 5.41) is 0. The maximum Gasteiger partial charge on any atom is 0.291 e. The van der Waals surface area contributed by atoms with Gasteiger partial charge in [0.05, 0.1) is 11.9 Å². The van der Waals surface area contributed by atoms with Crippen molar-refractivity contribution >= 4 is 17.4 Å². The molecule has 0 saturated carbocycles. The van der Waals surface area contributed by atoms with Gasteiger partial charge in [-0.25, -0.2) is 9.97 Å². The van der Waals surface area contributed by atoms with Crippen LogP contribution in [0.25, 0.3) is 0 Å². The monoisotopic (exact) mass is 395 g/mol. The molecule has 0 bridgehead atoms. The van der Waals surface area contributed by atoms with Crippen molar-refractivity contribution in [3.05, 3.63) is 41.1 Å². The number of aromatic nitrogens is 3. The number of aryl methyl sites for hydroxylation is 2. The quantitative estimate of drug-likeness (QED) is 0.837. The number of amides is 1. The molecule has 1 atom stereocenters. The van der Waals surface area contributed by atoms with Gasteiger partial charge in [-0.3, -0.25) is 9.78 Å². The Balaban J connectivity index is 1.49. The van der Waals surface area contributed by atoms with E-state index in [1.54, 1.807) is 6.20 Å². The van der Waals surface area contributed by atoms with Gasteiger partial charge in [-0.2, -0.15) is 0 Å². The van der Waals surface area contributed by atoms with Crippen LogP contribution in [0.1, 0.15) is 33.9 Å². The van der Waals surface area contributed by atoms with E-state index < -0.39 is 0 Å². The molecule has 2 aromatic heterocycles. The van der Waals surface area contributed by atoms with E-state index in [9.17, 15) is 4.79 Å². The molecule has 0 aliphatic carbocycles. The van der Waals surface area contributed by atoms with Crippen molar-refractivity contribution in [2.24, 2.45) is 5.73 Å². The van der Waals surface area contributed by atoms with Crippen LogP contribution in [0.15, 0.2) is 18.5 Å². The molecule has 2 fully saturated rings. The molecule has 29 heavy (non-hydrogen) atoms. The molecule has 8 nitrogen and oxygen atoms in total. The average molecular weight is 396 g/mol. The molecule has 1 amide bonds. The lowest BCUT2D eigenvalue weighted by molar-refractivity contribution is 0.0734. The van der Waals surface area contributed by atoms with Gasteiger partial charge in [-0.1, -0.05) is 0 Å². The minimum absolute atomic E-state index is 0.0968. The molecule has 2 saturated heterocycles. The highest BCUT2D eigenvalue weighted by atomic mass is 16.2. The van der Waals surface area contributed by atoms with Gasteiger partial charge in [0.15, 0.2) is 0 Å². The maximum atomic E-state index is 13.1. The Morgan fingerprint density at radius 3 is 2.48 bits per heavy atom. The standard InChI is InChI=1S/C21H29N7O/c1-14-4-6-23-12-18(14)26-8-10-27(11-9-26)21(29)19-24-16(3)15(2)20(25-19)28-7-5-17(22)13-28/h4,6,12,17H,5,7-11,13,22H2,1-3H3/t17-/m1/s1. The first kappa shape index (κ1) is 19.6. The molecule has 0 aromatic carbocycles. The average Bonchev–Trinajstić information content (AvgIpc) is 3.16. The Morgan fingerprint density at radius 2 is 1.83 bits per heavy atom. The normalized spacial score (nSPS) is 19.7. The zero-order chi connectivity index (χ0) is 20.5. The summed E-state index contributed by atoms with van der Waals surface area (Å²) in [6.45, 7) is 10.5. The fourth-order valence-corrected chi connectivity index (χ4v) is 4.08. The highest BCUT2D eigenvalue weighted by Crippen LogP contribution is 2.24. The first-order valence-electron chi connectivity index (χ1n) is 10.2. The van der Waals surface area contributed by atoms with Crippen LogP contribution in [0.4, 0.5) is 11.5 Å². The molecule has 8 heteroatoms. The Kier molecular flexibility index (Phi) is 5.36. The van der Waals surface area contributed by atoms with E-state index in [2.05, 4.69) is 31.7 Å². The number of carbonyl (C=O) groups is 1. The summed E-state index contributed by atoms with van der Waals surface area (Å²) in [6, 6.07) is 2.18. The molecule has 2 aliphatic heterocycles. The molecule has 0 unspecified atom stereocenters. The second-order valence-corrected chi connectivity index (χ2v) is 8.02. The number of piperazine rings is 1. The summed E-state index contributed by atoms with van der Waals surface area (Å²) >= 11 is 0. The number of nitrogens with zero attached hydrogens (tertiary/aromatic N) is 6. The van der Waals surface area contributed by atoms with Crippen molar-refractivity contribution in [1.29, 1.82) is 0 Å². The Hall–Kier alpha value is -2.74. The number of rotatable bonds is 3. The van der Waals surface area contributed by atoms with E-state index in [-0.39, 0.29) is 17.8 Å². The molecule has 2 aromatic rings. The lowest BCUT2D eigenvalue weighted by Crippen LogP contribution is -2.49. The van der Waals surface area contributed by atoms with E-state index >= 15 is 0 Å². The molecule has 0 spiro atoms. The van der Waals surface area contributed by atoms with E-state index in [0.717, 1.165) is 55.4 Å². The second kappa shape index (κ2) is 7.94. The van der Waals surface area contributed by atoms with Crippen LogP contribution >= 0.6 is 0 Å². The molecule has 0 radical (unpaired) electrons. The fourth-order valence-electron chi connectivity index (χ4n) is 4.08. The van der Waals surface area contributed by atoms with Crippen molar-refractivity contribution in [2.45, 2.75) is 33.2 Å². The van der Waals surface area contributed by atoms with Gasteiger partial charge >= 0.3 is 0 Å². The lowest BCUT2D eigenvalue weighted by Gasteiger charge is -2.36. The summed E-state index contributed by atoms with van der Waals surface area (Å²) in [4.78, 5) is 32.8. The van der Waals surface area contributed by atoms with Crippen LogP contribution in [0, 0.1) is 20.8 Å². The first-order chi connectivity index (χ1) is 13.9. The largest absolute Gasteiger partial charge is 0.367 e. The maximum absolute atomic E-state index is 13.1. The fraction of sp³-hybridized carbons (Fsp3) is 0.524. The number of anilines is 2. The number of hydrogen-bond acceptors (Lipinski definition) is 7. The lowest BCUT2D eigenvalue weighted by atomic mass is 10.2. The van der Waals surface area contributed by atoms with Crippen molar-refractivity contribution < 1.29 is 4.79 Å². The predicted octanol–water partition coefficient (Wildman–Crippen LogP) is 1.30. The van der Waals surface area contributed by atoms with Crippen molar-refractivity contribution in [2.75, 3.05) is 49.1 Å². The van der Waals surface area contributed by atoms with Gasteiger partial charge in [0.1, 0.15) is 5.82 Å². The third-order valence-electron chi connectivity index (χ3n) is 6.00. The molecule has 2 N–H and O–H groups in total. The second-order valence-electron chi connectivity index (χ2n) is 8.02. The van der Waals surface area contributed by atoms with E-state index in [4.69, 9.17) is 5.73 Å². The van der Waals surface area contributed by atoms with Gasteiger partial charge < -0.3 is 20.4 Å². The van der Waals surface area contributed by atoms with E-state index in [0.29, 0.717) is 13.1 Å². The van der Waals surface area contributed by atoms with Crippen LogP contribution in [-0.4, -0.2) is 71.1 Å². The van der Waals surface area contributed by atoms with Crippen LogP contribution in [0.2, 0.25) is 0 Å². The van der Waals surface area contributed by atoms with E-state index in [1.165, 1.54) is 5.56 Å². The van der Waals surface area contributed by atoms with Gasteiger partial charge in [0.2, 0.25) is 5.82 Å². The van der Waals surface area contributed by atoms with Gasteiger partial charge in [0.25, 0.3) is 5.91 Å². The summed E-state index contributed by atoms with van der Waals surface area (Å²) in [5.41, 5.74) is 10.3. The van der Waals surface area contributed by atoms with Crippen LogP contribution in [0.3, 0.4) is 0 Å². The minimum Gasteiger partial charge on any atom is -0.367 e. The van der Waals surface area contributed by atoms with Crippen LogP contribution < -0.4 is 15.5 Å². The number of pyridine rings is 1. The zero-order valence-corrected chi connectivity index (χ0v) is 17.4. The molecule has 4 heterocycles. The van der Waals surface area contributed by atoms with E-state index in [1.807, 2.05) is 31.0 Å². The first-order valence-corrected chi connectivity index (χ1v) is 10.2. The summed E-state index contributed by atoms with van der Waals surface area (Å²) in [6.07, 6.45) is 4.65. The molecule has 2 aliphatic rings. The summed E-state index contributed by atoms with van der Waals surface area (Å²) < 4.78 is 0. The third kappa shape index (κ3) is 3.89. The Bertz CT molecular complexity index is 908. The SMILES string of the molecule is Cc1ccncc1N1CCN(C(=O)c2nc(C)c(C)c(N3CC[C@@H](N)C3)n2)CC1. The smallest absolute Gasteiger partial charge is 0.291 e. The van der Waals surface area contributed by atoms with Crippen LogP contribution in [0.5, 0.6) is 0 Å². The number of carbonyl (C=O) groups excluding carboxylic acids is 1. The summed E-state index contributed by atoms with van der Waals surface area (Å²) in [7, 11) is 0. The van der Waals surface area contributed by atoms with Crippen molar-refractivity contribution in [3.63, 3.8) is 0 Å². The third-order valence-corrected chi connectivity index (χ3v) is 6.00. The van der Waals surface area contributed by atoms with Crippen molar-refractivity contribution in [1.82, 2.24) is 19.9 Å². The highest BCUT2D eigenvalue weighted by Gasteiger charge is 2.28. The Morgan fingerprint density at radius 1 is 1.07 bits per heavy atom. The predicted molar refractivity (Wildman–Crippen MR) is 113 cm³/mol. The van der Waals surface area contributed by atoms with Gasteiger partial charge in [-0.05, 0) is 38.8 Å². The number of hydrogen-bond donors (Lipinski definition) is 1.